The predicted molar refractivity (Wildman–Crippen MR) is 32.0 cm³/mol. The van der Waals surface area contributed by atoms with Crippen LogP contribution >= 0.6 is 0 Å². The van der Waals surface area contributed by atoms with Crippen LogP contribution < -0.4 is 5.32 Å². The number of hydrogen-bond acceptors (Lipinski definition) is 1. The molecule has 0 aromatic carbocycles. The lowest BCUT2D eigenvalue weighted by atomic mass is 10.2. The van der Waals surface area contributed by atoms with E-state index in [0.717, 1.165) is 0 Å². The highest BCUT2D eigenvalue weighted by atomic mass is 19.4. The molecule has 1 N–H and O–H groups in total. The van der Waals surface area contributed by atoms with Gasteiger partial charge in [0.05, 0.1) is 6.54 Å². The monoisotopic (exact) mass is 189 g/mol. The van der Waals surface area contributed by atoms with Crippen LogP contribution in [-0.4, -0.2) is 24.7 Å². The highest BCUT2D eigenvalue weighted by Crippen LogP contribution is 2.48. The van der Waals surface area contributed by atoms with Gasteiger partial charge in [-0.3, -0.25) is 5.32 Å². The van der Waals surface area contributed by atoms with Gasteiger partial charge in [-0.25, -0.2) is 8.78 Å². The summed E-state index contributed by atoms with van der Waals surface area (Å²) in [5, 5.41) is 1.83. The van der Waals surface area contributed by atoms with Gasteiger partial charge in [0, 0.05) is 0 Å². The van der Waals surface area contributed by atoms with Gasteiger partial charge in [0.2, 0.25) is 0 Å². The molecular formula is C6H8F5N. The van der Waals surface area contributed by atoms with E-state index in [4.69, 9.17) is 0 Å². The molecule has 0 radical (unpaired) electrons. The van der Waals surface area contributed by atoms with Gasteiger partial charge in [0.25, 0.3) is 6.43 Å². The molecule has 1 aliphatic carbocycles. The number of nitrogens with one attached hydrogen (secondary N) is 1. The molecule has 0 unspecified atom stereocenters. The summed E-state index contributed by atoms with van der Waals surface area (Å²) in [6.45, 7) is -0.889. The van der Waals surface area contributed by atoms with Gasteiger partial charge < -0.3 is 0 Å². The largest absolute Gasteiger partial charge is 0.406 e. The Labute approximate surface area is 65.9 Å². The Balaban J connectivity index is 2.40. The molecule has 1 saturated carbocycles. The average Bonchev–Trinajstić information content (AvgIpc) is 2.60. The minimum atomic E-state index is -4.40. The Kier molecular flexibility index (Phi) is 2.29. The molecule has 1 nitrogen and oxygen atoms in total. The van der Waals surface area contributed by atoms with Gasteiger partial charge in [-0.2, -0.15) is 13.2 Å². The molecule has 72 valence electrons. The zero-order valence-corrected chi connectivity index (χ0v) is 6.09. The van der Waals surface area contributed by atoms with E-state index in [2.05, 4.69) is 0 Å². The summed E-state index contributed by atoms with van der Waals surface area (Å²) in [6, 6.07) is 0. The Bertz CT molecular complexity index is 160. The van der Waals surface area contributed by atoms with Gasteiger partial charge in [-0.05, 0) is 12.8 Å². The quantitative estimate of drug-likeness (QED) is 0.669. The Hall–Kier alpha value is -0.390. The van der Waals surface area contributed by atoms with Crippen LogP contribution in [0.3, 0.4) is 0 Å². The molecule has 0 spiro atoms. The van der Waals surface area contributed by atoms with Crippen molar-refractivity contribution in [3.8, 4) is 0 Å². The summed E-state index contributed by atoms with van der Waals surface area (Å²) < 4.78 is 59.2. The standard InChI is InChI=1S/C6H8F5N/c7-4(8)3-12-5(1-2-5)6(9,10)11/h4,12H,1-3H2. The predicted octanol–water partition coefficient (Wildman–Crippen LogP) is 1.94. The Morgan fingerprint density at radius 3 is 2.00 bits per heavy atom. The number of alkyl halides is 5. The minimum absolute atomic E-state index is 0.0940. The van der Waals surface area contributed by atoms with E-state index in [0.29, 0.717) is 0 Å². The van der Waals surface area contributed by atoms with Gasteiger partial charge in [-0.1, -0.05) is 0 Å². The number of rotatable bonds is 3. The zero-order valence-electron chi connectivity index (χ0n) is 6.09. The van der Waals surface area contributed by atoms with Crippen molar-refractivity contribution in [2.45, 2.75) is 31.0 Å². The number of hydrogen-bond donors (Lipinski definition) is 1. The topological polar surface area (TPSA) is 12.0 Å². The van der Waals surface area contributed by atoms with Crippen LogP contribution in [0, 0.1) is 0 Å². The molecule has 12 heavy (non-hydrogen) atoms. The lowest BCUT2D eigenvalue weighted by molar-refractivity contribution is -0.167. The summed E-state index contributed by atoms with van der Waals surface area (Å²) in [6.07, 6.45) is -7.32. The first kappa shape index (κ1) is 9.70. The maximum absolute atomic E-state index is 12.0. The average molecular weight is 189 g/mol. The van der Waals surface area contributed by atoms with Gasteiger partial charge in [0.1, 0.15) is 5.54 Å². The van der Waals surface area contributed by atoms with E-state index in [-0.39, 0.29) is 12.8 Å². The van der Waals surface area contributed by atoms with Crippen LogP contribution in [-0.2, 0) is 0 Å². The van der Waals surface area contributed by atoms with E-state index in [1.54, 1.807) is 0 Å². The summed E-state index contributed by atoms with van der Waals surface area (Å²) >= 11 is 0. The fraction of sp³-hybridized carbons (Fsp3) is 1.00. The van der Waals surface area contributed by atoms with Crippen molar-refractivity contribution in [2.24, 2.45) is 0 Å². The third kappa shape index (κ3) is 1.85. The van der Waals surface area contributed by atoms with E-state index in [1.807, 2.05) is 5.32 Å². The summed E-state index contributed by atoms with van der Waals surface area (Å²) in [7, 11) is 0. The van der Waals surface area contributed by atoms with Crippen molar-refractivity contribution in [3.63, 3.8) is 0 Å². The van der Waals surface area contributed by atoms with E-state index >= 15 is 0 Å². The second-order valence-corrected chi connectivity index (χ2v) is 2.85. The van der Waals surface area contributed by atoms with Crippen molar-refractivity contribution in [1.82, 2.24) is 5.32 Å². The normalized spacial score (nSPS) is 21.5. The van der Waals surface area contributed by atoms with Gasteiger partial charge in [-0.15, -0.1) is 0 Å². The van der Waals surface area contributed by atoms with Crippen LogP contribution in [0.1, 0.15) is 12.8 Å². The van der Waals surface area contributed by atoms with Crippen LogP contribution in [0.2, 0.25) is 0 Å². The summed E-state index contributed by atoms with van der Waals surface area (Å²) in [5.41, 5.74) is -2.01. The Morgan fingerprint density at radius 2 is 1.75 bits per heavy atom. The molecule has 0 atom stereocenters. The molecule has 0 aromatic rings. The lowest BCUT2D eigenvalue weighted by Crippen LogP contribution is -2.46. The maximum atomic E-state index is 12.0. The van der Waals surface area contributed by atoms with E-state index in [1.165, 1.54) is 0 Å². The number of halogens is 5. The van der Waals surface area contributed by atoms with Crippen LogP contribution in [0.25, 0.3) is 0 Å². The Morgan fingerprint density at radius 1 is 1.25 bits per heavy atom. The van der Waals surface area contributed by atoms with Crippen molar-refractivity contribution in [1.29, 1.82) is 0 Å². The van der Waals surface area contributed by atoms with Crippen LogP contribution in [0.4, 0.5) is 22.0 Å². The molecule has 1 fully saturated rings. The first-order valence-electron chi connectivity index (χ1n) is 3.47. The molecule has 6 heteroatoms. The van der Waals surface area contributed by atoms with Crippen molar-refractivity contribution >= 4 is 0 Å². The third-order valence-corrected chi connectivity index (χ3v) is 1.89. The van der Waals surface area contributed by atoms with E-state index < -0.39 is 24.7 Å². The molecule has 1 rings (SSSR count). The molecule has 0 heterocycles. The molecule has 0 aliphatic heterocycles. The fourth-order valence-electron chi connectivity index (χ4n) is 0.958. The van der Waals surface area contributed by atoms with Gasteiger partial charge in [0.15, 0.2) is 0 Å². The fourth-order valence-corrected chi connectivity index (χ4v) is 0.958. The first-order chi connectivity index (χ1) is 5.37. The van der Waals surface area contributed by atoms with Crippen LogP contribution in [0.15, 0.2) is 0 Å². The highest BCUT2D eigenvalue weighted by Gasteiger charge is 2.63. The lowest BCUT2D eigenvalue weighted by Gasteiger charge is -2.20. The molecule has 0 bridgehead atoms. The zero-order chi connectivity index (χ0) is 9.41. The SMILES string of the molecule is FC(F)CNC1(C(F)(F)F)CC1. The van der Waals surface area contributed by atoms with Gasteiger partial charge >= 0.3 is 6.18 Å². The molecule has 0 saturated heterocycles. The summed E-state index contributed by atoms with van der Waals surface area (Å²) in [4.78, 5) is 0. The first-order valence-corrected chi connectivity index (χ1v) is 3.47. The van der Waals surface area contributed by atoms with Crippen molar-refractivity contribution in [3.05, 3.63) is 0 Å². The van der Waals surface area contributed by atoms with Crippen LogP contribution in [0.5, 0.6) is 0 Å². The molecular weight excluding hydrogens is 181 g/mol. The second kappa shape index (κ2) is 2.83. The van der Waals surface area contributed by atoms with E-state index in [9.17, 15) is 22.0 Å². The minimum Gasteiger partial charge on any atom is -0.298 e. The molecule has 0 aromatic heterocycles. The molecule has 1 aliphatic rings. The molecule has 0 amide bonds. The van der Waals surface area contributed by atoms with Crippen molar-refractivity contribution < 1.29 is 22.0 Å². The third-order valence-electron chi connectivity index (χ3n) is 1.89. The maximum Gasteiger partial charge on any atom is 0.406 e. The smallest absolute Gasteiger partial charge is 0.298 e. The summed E-state index contributed by atoms with van der Waals surface area (Å²) in [5.74, 6) is 0. The van der Waals surface area contributed by atoms with Crippen molar-refractivity contribution in [2.75, 3.05) is 6.54 Å². The second-order valence-electron chi connectivity index (χ2n) is 2.85. The highest BCUT2D eigenvalue weighted by molar-refractivity contribution is 5.07.